The summed E-state index contributed by atoms with van der Waals surface area (Å²) in [7, 11) is 0. The molecule has 1 aliphatic heterocycles. The van der Waals surface area contributed by atoms with Crippen molar-refractivity contribution in [3.05, 3.63) is 71.4 Å². The van der Waals surface area contributed by atoms with E-state index in [1.54, 1.807) is 6.07 Å². The highest BCUT2D eigenvalue weighted by molar-refractivity contribution is 5.86. The average Bonchev–Trinajstić information content (AvgIpc) is 3.07. The molecule has 1 aromatic heterocycles. The topological polar surface area (TPSA) is 48.0 Å². The molecule has 0 saturated carbocycles. The molecule has 1 aliphatic carbocycles. The number of hydrogen-bond acceptors (Lipinski definition) is 2. The fourth-order valence-electron chi connectivity index (χ4n) is 5.12. The number of aromatic nitrogens is 1. The maximum atomic E-state index is 9.99. The van der Waals surface area contributed by atoms with Gasteiger partial charge in [0.1, 0.15) is 5.75 Å². The second-order valence-electron chi connectivity index (χ2n) is 8.09. The first-order chi connectivity index (χ1) is 13.2. The summed E-state index contributed by atoms with van der Waals surface area (Å²) >= 11 is 0. The Morgan fingerprint density at radius 3 is 2.78 bits per heavy atom. The van der Waals surface area contributed by atoms with Gasteiger partial charge in [-0.3, -0.25) is 0 Å². The van der Waals surface area contributed by atoms with Crippen LogP contribution in [0.1, 0.15) is 42.5 Å². The predicted molar refractivity (Wildman–Crippen MR) is 111 cm³/mol. The highest BCUT2D eigenvalue weighted by Crippen LogP contribution is 2.42. The summed E-state index contributed by atoms with van der Waals surface area (Å²) in [5.41, 5.74) is 6.67. The third-order valence-electron chi connectivity index (χ3n) is 6.32. The van der Waals surface area contributed by atoms with Crippen molar-refractivity contribution in [2.75, 3.05) is 6.54 Å². The molecule has 3 heteroatoms. The van der Waals surface area contributed by atoms with Crippen molar-refractivity contribution in [1.82, 2.24) is 10.3 Å². The number of nitrogens with one attached hydrogen (secondary N) is 2. The second kappa shape index (κ2) is 6.58. The van der Waals surface area contributed by atoms with E-state index in [4.69, 9.17) is 0 Å². The van der Waals surface area contributed by atoms with Crippen molar-refractivity contribution in [1.29, 1.82) is 0 Å². The number of aromatic hydroxyl groups is 1. The average molecular weight is 358 g/mol. The standard InChI is InChI=1S/C24H26N2O/c1-15-12-17(13-21-20-14-18(27)9-10-22(20)26-23(15)21)24-19(8-5-11-25-24)16-6-3-2-4-7-16/h2-4,6-10,14-15,17,24-27H,5,11-13H2,1H3. The largest absolute Gasteiger partial charge is 0.508 e. The maximum absolute atomic E-state index is 9.99. The maximum Gasteiger partial charge on any atom is 0.116 e. The molecule has 0 fully saturated rings. The molecular formula is C24H26N2O. The van der Waals surface area contributed by atoms with Crippen LogP contribution >= 0.6 is 0 Å². The quantitative estimate of drug-likeness (QED) is 0.605. The molecule has 3 atom stereocenters. The molecule has 2 aromatic carbocycles. The minimum atomic E-state index is 0.347. The van der Waals surface area contributed by atoms with Gasteiger partial charge in [-0.15, -0.1) is 0 Å². The Bertz CT molecular complexity index is 1000. The Balaban J connectivity index is 1.53. The van der Waals surface area contributed by atoms with E-state index in [-0.39, 0.29) is 0 Å². The SMILES string of the molecule is CC1CC(C2NCCC=C2c2ccccc2)Cc2c1[nH]c1ccc(O)cc21. The smallest absolute Gasteiger partial charge is 0.116 e. The van der Waals surface area contributed by atoms with Crippen LogP contribution in [0.25, 0.3) is 16.5 Å². The van der Waals surface area contributed by atoms with E-state index in [9.17, 15) is 5.11 Å². The molecule has 0 amide bonds. The summed E-state index contributed by atoms with van der Waals surface area (Å²) in [5, 5.41) is 15.0. The van der Waals surface area contributed by atoms with Gasteiger partial charge in [0.05, 0.1) is 0 Å². The second-order valence-corrected chi connectivity index (χ2v) is 8.09. The molecule has 3 nitrogen and oxygen atoms in total. The first-order valence-electron chi connectivity index (χ1n) is 10.0. The Morgan fingerprint density at radius 1 is 1.07 bits per heavy atom. The number of hydrogen-bond donors (Lipinski definition) is 3. The number of H-pyrrole nitrogens is 1. The van der Waals surface area contributed by atoms with Crippen molar-refractivity contribution < 1.29 is 5.11 Å². The summed E-state index contributed by atoms with van der Waals surface area (Å²) in [6, 6.07) is 16.9. The zero-order valence-corrected chi connectivity index (χ0v) is 15.7. The van der Waals surface area contributed by atoms with Crippen molar-refractivity contribution in [2.24, 2.45) is 5.92 Å². The van der Waals surface area contributed by atoms with Crippen molar-refractivity contribution >= 4 is 16.5 Å². The van der Waals surface area contributed by atoms with Crippen LogP contribution in [0.4, 0.5) is 0 Å². The van der Waals surface area contributed by atoms with Crippen LogP contribution in [0.15, 0.2) is 54.6 Å². The Morgan fingerprint density at radius 2 is 1.93 bits per heavy atom. The van der Waals surface area contributed by atoms with Crippen LogP contribution < -0.4 is 5.32 Å². The first-order valence-corrected chi connectivity index (χ1v) is 10.0. The summed E-state index contributed by atoms with van der Waals surface area (Å²) < 4.78 is 0. The van der Waals surface area contributed by atoms with E-state index in [1.807, 2.05) is 12.1 Å². The summed E-state index contributed by atoms with van der Waals surface area (Å²) in [6.45, 7) is 3.38. The third kappa shape index (κ3) is 2.87. The van der Waals surface area contributed by atoms with Crippen LogP contribution in [0, 0.1) is 5.92 Å². The normalized spacial score (nSPS) is 25.2. The monoisotopic (exact) mass is 358 g/mol. The number of phenolic OH excluding ortho intramolecular Hbond substituents is 1. The molecule has 3 aromatic rings. The van der Waals surface area contributed by atoms with Crippen molar-refractivity contribution in [3.8, 4) is 5.75 Å². The molecule has 0 bridgehead atoms. The molecule has 5 rings (SSSR count). The molecule has 0 saturated heterocycles. The van der Waals surface area contributed by atoms with Gasteiger partial charge in [0.15, 0.2) is 0 Å². The van der Waals surface area contributed by atoms with Gasteiger partial charge in [-0.05, 0) is 72.5 Å². The molecule has 3 N–H and O–H groups in total. The van der Waals surface area contributed by atoms with E-state index in [2.05, 4.69) is 53.6 Å². The van der Waals surface area contributed by atoms with Crippen molar-refractivity contribution in [3.63, 3.8) is 0 Å². The molecule has 0 spiro atoms. The van der Waals surface area contributed by atoms with Crippen molar-refractivity contribution in [2.45, 2.75) is 38.1 Å². The summed E-state index contributed by atoms with van der Waals surface area (Å²) in [4.78, 5) is 3.61. The van der Waals surface area contributed by atoms with E-state index >= 15 is 0 Å². The van der Waals surface area contributed by atoms with E-state index in [1.165, 1.54) is 34.2 Å². The third-order valence-corrected chi connectivity index (χ3v) is 6.32. The van der Waals surface area contributed by atoms with Gasteiger partial charge in [-0.25, -0.2) is 0 Å². The van der Waals surface area contributed by atoms with Crippen LogP contribution in [0.3, 0.4) is 0 Å². The molecule has 138 valence electrons. The van der Waals surface area contributed by atoms with Gasteiger partial charge in [0.25, 0.3) is 0 Å². The van der Waals surface area contributed by atoms with E-state index in [0.717, 1.165) is 24.9 Å². The molecule has 2 aliphatic rings. The molecule has 0 radical (unpaired) electrons. The molecule has 3 unspecified atom stereocenters. The van der Waals surface area contributed by atoms with Crippen LogP contribution in [0.5, 0.6) is 5.75 Å². The van der Waals surface area contributed by atoms with Crippen LogP contribution in [-0.2, 0) is 6.42 Å². The van der Waals surface area contributed by atoms with Gasteiger partial charge in [-0.1, -0.05) is 43.3 Å². The first kappa shape index (κ1) is 16.6. The van der Waals surface area contributed by atoms with E-state index < -0.39 is 0 Å². The molecular weight excluding hydrogens is 332 g/mol. The highest BCUT2D eigenvalue weighted by atomic mass is 16.3. The Hall–Kier alpha value is -2.52. The van der Waals surface area contributed by atoms with Crippen LogP contribution in [-0.4, -0.2) is 22.7 Å². The lowest BCUT2D eigenvalue weighted by Crippen LogP contribution is -2.42. The minimum absolute atomic E-state index is 0.347. The van der Waals surface area contributed by atoms with Gasteiger partial charge in [-0.2, -0.15) is 0 Å². The predicted octanol–water partition coefficient (Wildman–Crippen LogP) is 4.98. The van der Waals surface area contributed by atoms with E-state index in [0.29, 0.717) is 23.6 Å². The lowest BCUT2D eigenvalue weighted by atomic mass is 9.73. The number of rotatable bonds is 2. The zero-order chi connectivity index (χ0) is 18.4. The minimum Gasteiger partial charge on any atom is -0.508 e. The zero-order valence-electron chi connectivity index (χ0n) is 15.7. The van der Waals surface area contributed by atoms with Gasteiger partial charge in [0, 0.05) is 22.6 Å². The lowest BCUT2D eigenvalue weighted by Gasteiger charge is -2.37. The Kier molecular flexibility index (Phi) is 4.05. The number of benzene rings is 2. The lowest BCUT2D eigenvalue weighted by molar-refractivity contribution is 0.342. The van der Waals surface area contributed by atoms with Crippen LogP contribution in [0.2, 0.25) is 0 Å². The van der Waals surface area contributed by atoms with Gasteiger partial charge < -0.3 is 15.4 Å². The fraction of sp³-hybridized carbons (Fsp3) is 0.333. The number of phenols is 1. The van der Waals surface area contributed by atoms with Gasteiger partial charge in [0.2, 0.25) is 0 Å². The number of fused-ring (bicyclic) bond motifs is 3. The highest BCUT2D eigenvalue weighted by Gasteiger charge is 2.34. The Labute approximate surface area is 160 Å². The molecule has 2 heterocycles. The number of aromatic amines is 1. The molecule has 27 heavy (non-hydrogen) atoms. The fourth-order valence-corrected chi connectivity index (χ4v) is 5.12. The summed E-state index contributed by atoms with van der Waals surface area (Å²) in [5.74, 6) is 1.40. The summed E-state index contributed by atoms with van der Waals surface area (Å²) in [6.07, 6.45) is 5.74. The van der Waals surface area contributed by atoms with Gasteiger partial charge >= 0.3 is 0 Å².